The van der Waals surface area contributed by atoms with E-state index in [0.29, 0.717) is 5.75 Å². The highest BCUT2D eigenvalue weighted by Crippen LogP contribution is 2.37. The van der Waals surface area contributed by atoms with Crippen molar-refractivity contribution in [3.63, 3.8) is 0 Å². The molecule has 0 aromatic heterocycles. The Morgan fingerprint density at radius 1 is 1.28 bits per heavy atom. The Morgan fingerprint density at radius 2 is 1.96 bits per heavy atom. The normalized spacial score (nSPS) is 22.9. The van der Waals surface area contributed by atoms with Crippen LogP contribution in [-0.4, -0.2) is 65.5 Å². The zero-order chi connectivity index (χ0) is 18.9. The van der Waals surface area contributed by atoms with Crippen molar-refractivity contribution in [2.75, 3.05) is 38.8 Å². The number of sulfonamides is 1. The minimum atomic E-state index is -4.01. The molecule has 0 bridgehead atoms. The van der Waals surface area contributed by atoms with Crippen molar-refractivity contribution in [2.24, 2.45) is 5.73 Å². The summed E-state index contributed by atoms with van der Waals surface area (Å²) in [5.41, 5.74) is 4.57. The molecule has 25 heavy (non-hydrogen) atoms. The van der Waals surface area contributed by atoms with E-state index >= 15 is 0 Å². The van der Waals surface area contributed by atoms with Crippen LogP contribution in [0.2, 0.25) is 0 Å². The Kier molecular flexibility index (Phi) is 5.67. The lowest BCUT2D eigenvalue weighted by molar-refractivity contribution is 0.237. The third-order valence-corrected chi connectivity index (χ3v) is 8.34. The number of hydrogen-bond donors (Lipinski definition) is 1. The van der Waals surface area contributed by atoms with Gasteiger partial charge in [0.1, 0.15) is 16.4 Å². The van der Waals surface area contributed by atoms with E-state index in [2.05, 4.69) is 0 Å². The molecule has 0 unspecified atom stereocenters. The summed E-state index contributed by atoms with van der Waals surface area (Å²) in [7, 11) is -4.47. The van der Waals surface area contributed by atoms with Gasteiger partial charge in [-0.3, -0.25) is 0 Å². The monoisotopic (exact) mass is 392 g/mol. The first kappa shape index (κ1) is 20.0. The number of nitrogens with two attached hydrogens (primary N) is 1. The quantitative estimate of drug-likeness (QED) is 0.706. The highest BCUT2D eigenvalue weighted by atomic mass is 32.2. The van der Waals surface area contributed by atoms with E-state index in [-0.39, 0.29) is 41.7 Å². The van der Waals surface area contributed by atoms with Gasteiger partial charge in [0.15, 0.2) is 9.84 Å². The Labute approximate surface area is 148 Å². The molecule has 2 N–H and O–H groups in total. The molecule has 8 nitrogen and oxygen atoms in total. The minimum Gasteiger partial charge on any atom is -0.497 e. The fourth-order valence-electron chi connectivity index (χ4n) is 3.09. The summed E-state index contributed by atoms with van der Waals surface area (Å²) in [5, 5.41) is 0. The maximum atomic E-state index is 13.3. The molecule has 0 radical (unpaired) electrons. The van der Waals surface area contributed by atoms with Crippen LogP contribution in [0.25, 0.3) is 0 Å². The number of ether oxygens (including phenoxy) is 2. The van der Waals surface area contributed by atoms with Crippen LogP contribution in [0.4, 0.5) is 0 Å². The lowest BCUT2D eigenvalue weighted by atomic mass is 10.0. The number of rotatable bonds is 7. The Morgan fingerprint density at radius 3 is 2.44 bits per heavy atom. The smallest absolute Gasteiger partial charge is 0.247 e. The van der Waals surface area contributed by atoms with Crippen molar-refractivity contribution in [1.82, 2.24) is 4.31 Å². The van der Waals surface area contributed by atoms with E-state index < -0.39 is 25.4 Å². The van der Waals surface area contributed by atoms with Crippen molar-refractivity contribution < 1.29 is 26.3 Å². The van der Waals surface area contributed by atoms with Gasteiger partial charge in [-0.2, -0.15) is 4.31 Å². The van der Waals surface area contributed by atoms with Crippen LogP contribution in [0.1, 0.15) is 13.3 Å². The Bertz CT molecular complexity index is 838. The summed E-state index contributed by atoms with van der Waals surface area (Å²) in [5.74, 6) is 0.319. The van der Waals surface area contributed by atoms with Gasteiger partial charge >= 0.3 is 0 Å². The van der Waals surface area contributed by atoms with Crippen molar-refractivity contribution in [3.05, 3.63) is 18.2 Å². The molecule has 1 heterocycles. The van der Waals surface area contributed by atoms with E-state index in [1.54, 1.807) is 6.92 Å². The van der Waals surface area contributed by atoms with Crippen molar-refractivity contribution in [1.29, 1.82) is 0 Å². The van der Waals surface area contributed by atoms with Gasteiger partial charge in [-0.25, -0.2) is 16.8 Å². The lowest BCUT2D eigenvalue weighted by Gasteiger charge is -2.36. The second-order valence-corrected chi connectivity index (χ2v) is 10.2. The summed E-state index contributed by atoms with van der Waals surface area (Å²) in [4.78, 5) is -0.0465. The molecule has 0 amide bonds. The second kappa shape index (κ2) is 7.10. The second-order valence-electron chi connectivity index (χ2n) is 6.22. The average Bonchev–Trinajstić information content (AvgIpc) is 2.85. The number of hydrogen-bond acceptors (Lipinski definition) is 7. The highest BCUT2D eigenvalue weighted by Gasteiger charge is 2.48. The molecule has 1 aliphatic rings. The largest absolute Gasteiger partial charge is 0.497 e. The topological polar surface area (TPSA) is 116 Å². The van der Waals surface area contributed by atoms with Gasteiger partial charge in [-0.1, -0.05) is 0 Å². The molecule has 0 spiro atoms. The molecule has 1 aromatic carbocycles. The van der Waals surface area contributed by atoms with Gasteiger partial charge in [-0.05, 0) is 25.5 Å². The molecular formula is C15H24N2O6S2. The number of sulfone groups is 1. The molecule has 1 atom stereocenters. The van der Waals surface area contributed by atoms with Crippen LogP contribution in [0, 0.1) is 0 Å². The fraction of sp³-hybridized carbons (Fsp3) is 0.600. The van der Waals surface area contributed by atoms with Crippen LogP contribution < -0.4 is 15.2 Å². The molecule has 1 saturated heterocycles. The van der Waals surface area contributed by atoms with E-state index in [4.69, 9.17) is 15.2 Å². The minimum absolute atomic E-state index is 0.0174. The van der Waals surface area contributed by atoms with E-state index in [1.807, 2.05) is 0 Å². The van der Waals surface area contributed by atoms with E-state index in [0.717, 1.165) is 0 Å². The predicted octanol–water partition coefficient (Wildman–Crippen LogP) is 0.230. The van der Waals surface area contributed by atoms with Crippen molar-refractivity contribution in [3.8, 4) is 11.5 Å². The van der Waals surface area contributed by atoms with Gasteiger partial charge in [0.05, 0.1) is 25.7 Å². The average molecular weight is 392 g/mol. The van der Waals surface area contributed by atoms with Crippen LogP contribution in [0.15, 0.2) is 23.1 Å². The standard InChI is InChI=1S/C15H24N2O6S2/c1-15(6-9-24(18,19)11-15)17(8-7-16)25(20,21)14-5-4-12(22-2)10-13(14)23-3/h4-5,10H,6-9,11,16H2,1-3H3/t15-/m0/s1. The van der Waals surface area contributed by atoms with Crippen LogP contribution >= 0.6 is 0 Å². The number of nitrogens with zero attached hydrogens (tertiary/aromatic N) is 1. The van der Waals surface area contributed by atoms with E-state index in [1.165, 1.54) is 36.7 Å². The van der Waals surface area contributed by atoms with E-state index in [9.17, 15) is 16.8 Å². The lowest BCUT2D eigenvalue weighted by Crippen LogP contribution is -2.52. The summed E-state index contributed by atoms with van der Waals surface area (Å²) in [6, 6.07) is 4.38. The van der Waals surface area contributed by atoms with Gasteiger partial charge in [0.25, 0.3) is 0 Å². The highest BCUT2D eigenvalue weighted by molar-refractivity contribution is 7.92. The van der Waals surface area contributed by atoms with Crippen LogP contribution in [0.5, 0.6) is 11.5 Å². The van der Waals surface area contributed by atoms with Crippen LogP contribution in [0.3, 0.4) is 0 Å². The summed E-state index contributed by atoms with van der Waals surface area (Å²) in [6.45, 7) is 1.73. The zero-order valence-corrected chi connectivity index (χ0v) is 16.2. The first-order valence-electron chi connectivity index (χ1n) is 7.75. The Hall–Kier alpha value is -1.36. The molecule has 2 rings (SSSR count). The summed E-state index contributed by atoms with van der Waals surface area (Å²) < 4.78 is 61.9. The van der Waals surface area contributed by atoms with Gasteiger partial charge < -0.3 is 15.2 Å². The van der Waals surface area contributed by atoms with Crippen LogP contribution in [-0.2, 0) is 19.9 Å². The van der Waals surface area contributed by atoms with Crippen molar-refractivity contribution in [2.45, 2.75) is 23.8 Å². The SMILES string of the molecule is COc1ccc(S(=O)(=O)N(CCN)[C@@]2(C)CCS(=O)(=O)C2)c(OC)c1. The molecule has 0 aliphatic carbocycles. The number of benzene rings is 1. The van der Waals surface area contributed by atoms with Gasteiger partial charge in [0, 0.05) is 24.7 Å². The van der Waals surface area contributed by atoms with Crippen molar-refractivity contribution >= 4 is 19.9 Å². The van der Waals surface area contributed by atoms with Gasteiger partial charge in [0.2, 0.25) is 10.0 Å². The molecule has 1 aromatic rings. The summed E-state index contributed by atoms with van der Waals surface area (Å²) in [6.07, 6.45) is 0.229. The molecule has 142 valence electrons. The molecule has 0 saturated carbocycles. The third-order valence-electron chi connectivity index (χ3n) is 4.36. The maximum absolute atomic E-state index is 13.3. The summed E-state index contributed by atoms with van der Waals surface area (Å²) >= 11 is 0. The molecule has 1 fully saturated rings. The predicted molar refractivity (Wildman–Crippen MR) is 94.2 cm³/mol. The molecule has 1 aliphatic heterocycles. The fourth-order valence-corrected chi connectivity index (χ4v) is 7.27. The van der Waals surface area contributed by atoms with Gasteiger partial charge in [-0.15, -0.1) is 0 Å². The molecule has 10 heteroatoms. The first-order valence-corrected chi connectivity index (χ1v) is 11.0. The maximum Gasteiger partial charge on any atom is 0.247 e. The zero-order valence-electron chi connectivity index (χ0n) is 14.6. The molecular weight excluding hydrogens is 368 g/mol. The third kappa shape index (κ3) is 3.91. The number of methoxy groups -OCH3 is 2. The Balaban J connectivity index is 2.54. The first-order chi connectivity index (χ1) is 11.6.